The second kappa shape index (κ2) is 10.4. The molecule has 148 valence electrons. The highest BCUT2D eigenvalue weighted by molar-refractivity contribution is 7.81. The van der Waals surface area contributed by atoms with Crippen LogP contribution in [0.4, 0.5) is 0 Å². The highest BCUT2D eigenvalue weighted by atomic mass is 32.1. The molecule has 26 heavy (non-hydrogen) atoms. The van der Waals surface area contributed by atoms with Gasteiger partial charge in [-0.05, 0) is 62.9 Å². The summed E-state index contributed by atoms with van der Waals surface area (Å²) in [4.78, 5) is 2.16. The van der Waals surface area contributed by atoms with Gasteiger partial charge >= 0.3 is 0 Å². The number of likely N-dealkylation sites (tertiary alicyclic amines) is 1. The van der Waals surface area contributed by atoms with Crippen LogP contribution in [-0.4, -0.2) is 46.3 Å². The normalized spacial score (nSPS) is 18.6. The maximum atomic E-state index is 10.6. The zero-order chi connectivity index (χ0) is 19.0. The first-order valence-corrected chi connectivity index (χ1v) is 10.4. The molecule has 0 spiro atoms. The standard InChI is InChI=1S/C21H35NO3S/c1-3-4-5-8-18(23)16-21(26,22-13-6-7-14-22)12-11-17-9-10-19(24)20(15-17)25-2/h9-10,15,18,23-24,26H,3-8,11-14,16H2,1-2H3. The molecule has 2 N–H and O–H groups in total. The molecule has 1 saturated heterocycles. The molecule has 2 atom stereocenters. The molecular formula is C21H35NO3S. The first-order chi connectivity index (χ1) is 12.5. The van der Waals surface area contributed by atoms with Crippen molar-refractivity contribution < 1.29 is 14.9 Å². The van der Waals surface area contributed by atoms with Crippen LogP contribution in [0.1, 0.15) is 63.9 Å². The van der Waals surface area contributed by atoms with E-state index in [0.29, 0.717) is 12.2 Å². The Hall–Kier alpha value is -0.910. The highest BCUT2D eigenvalue weighted by Crippen LogP contribution is 2.36. The van der Waals surface area contributed by atoms with Gasteiger partial charge in [-0.25, -0.2) is 0 Å². The van der Waals surface area contributed by atoms with Crippen LogP contribution in [0.25, 0.3) is 0 Å². The minimum Gasteiger partial charge on any atom is -0.504 e. The van der Waals surface area contributed by atoms with Gasteiger partial charge in [0.1, 0.15) is 0 Å². The number of rotatable bonds is 11. The largest absolute Gasteiger partial charge is 0.504 e. The van der Waals surface area contributed by atoms with Gasteiger partial charge < -0.3 is 14.9 Å². The fourth-order valence-corrected chi connectivity index (χ4v) is 4.38. The van der Waals surface area contributed by atoms with E-state index < -0.39 is 0 Å². The molecule has 0 aromatic heterocycles. The number of hydrogen-bond acceptors (Lipinski definition) is 5. The molecule has 0 amide bonds. The Morgan fingerprint density at radius 2 is 2.00 bits per heavy atom. The van der Waals surface area contributed by atoms with Crippen LogP contribution in [-0.2, 0) is 6.42 Å². The summed E-state index contributed by atoms with van der Waals surface area (Å²) in [7, 11) is 1.57. The average molecular weight is 382 g/mol. The lowest BCUT2D eigenvalue weighted by molar-refractivity contribution is 0.0859. The topological polar surface area (TPSA) is 52.9 Å². The van der Waals surface area contributed by atoms with Gasteiger partial charge in [-0.15, -0.1) is 0 Å². The smallest absolute Gasteiger partial charge is 0.160 e. The molecule has 1 fully saturated rings. The van der Waals surface area contributed by atoms with Crippen molar-refractivity contribution in [2.45, 2.75) is 75.7 Å². The van der Waals surface area contributed by atoms with E-state index >= 15 is 0 Å². The minimum atomic E-state index is -0.297. The summed E-state index contributed by atoms with van der Waals surface area (Å²) in [6.45, 7) is 4.31. The van der Waals surface area contributed by atoms with E-state index in [-0.39, 0.29) is 16.7 Å². The fraction of sp³-hybridized carbons (Fsp3) is 0.714. The molecule has 4 nitrogen and oxygen atoms in total. The van der Waals surface area contributed by atoms with Crippen LogP contribution in [0.15, 0.2) is 18.2 Å². The van der Waals surface area contributed by atoms with Crippen molar-refractivity contribution in [3.05, 3.63) is 23.8 Å². The van der Waals surface area contributed by atoms with Gasteiger partial charge in [0.15, 0.2) is 11.5 Å². The van der Waals surface area contributed by atoms with Crippen molar-refractivity contribution >= 4 is 12.6 Å². The van der Waals surface area contributed by atoms with Crippen molar-refractivity contribution in [2.75, 3.05) is 20.2 Å². The number of unbranched alkanes of at least 4 members (excludes halogenated alkanes) is 2. The maximum Gasteiger partial charge on any atom is 0.160 e. The molecular weight excluding hydrogens is 346 g/mol. The van der Waals surface area contributed by atoms with E-state index in [9.17, 15) is 10.2 Å². The van der Waals surface area contributed by atoms with Gasteiger partial charge in [-0.2, -0.15) is 12.6 Å². The predicted octanol–water partition coefficient (Wildman–Crippen LogP) is 4.39. The Labute approximate surface area is 164 Å². The molecule has 1 aromatic carbocycles. The van der Waals surface area contributed by atoms with Crippen molar-refractivity contribution in [1.82, 2.24) is 4.90 Å². The molecule has 0 aliphatic carbocycles. The van der Waals surface area contributed by atoms with E-state index in [2.05, 4.69) is 11.8 Å². The summed E-state index contributed by atoms with van der Waals surface area (Å²) in [5.74, 6) is 0.673. The van der Waals surface area contributed by atoms with Crippen LogP contribution in [0.3, 0.4) is 0 Å². The summed E-state index contributed by atoms with van der Waals surface area (Å²) in [6.07, 6.45) is 8.83. The first-order valence-electron chi connectivity index (χ1n) is 10.00. The highest BCUT2D eigenvalue weighted by Gasteiger charge is 2.36. The van der Waals surface area contributed by atoms with Gasteiger partial charge in [-0.1, -0.05) is 32.3 Å². The number of methoxy groups -OCH3 is 1. The van der Waals surface area contributed by atoms with Crippen LogP contribution in [0.5, 0.6) is 11.5 Å². The second-order valence-corrected chi connectivity index (χ2v) is 8.37. The average Bonchev–Trinajstić information content (AvgIpc) is 3.17. The molecule has 0 saturated carbocycles. The monoisotopic (exact) mass is 381 g/mol. The van der Waals surface area contributed by atoms with E-state index in [0.717, 1.165) is 44.3 Å². The van der Waals surface area contributed by atoms with E-state index in [1.807, 2.05) is 12.1 Å². The van der Waals surface area contributed by atoms with Crippen LogP contribution in [0, 0.1) is 0 Å². The van der Waals surface area contributed by atoms with E-state index in [1.54, 1.807) is 13.2 Å². The number of hydrogen-bond donors (Lipinski definition) is 3. The fourth-order valence-electron chi connectivity index (χ4n) is 3.85. The van der Waals surface area contributed by atoms with Gasteiger partial charge in [0.05, 0.1) is 18.1 Å². The van der Waals surface area contributed by atoms with Gasteiger partial charge in [0.2, 0.25) is 0 Å². The molecule has 0 bridgehead atoms. The number of phenolic OH excluding ortho intramolecular Hbond substituents is 1. The number of thiol groups is 1. The Kier molecular flexibility index (Phi) is 8.58. The zero-order valence-corrected chi connectivity index (χ0v) is 17.2. The van der Waals surface area contributed by atoms with Crippen LogP contribution in [0.2, 0.25) is 0 Å². The number of ether oxygens (including phenoxy) is 1. The summed E-state index contributed by atoms with van der Waals surface area (Å²) < 4.78 is 5.22. The number of aryl methyl sites for hydroxylation is 1. The van der Waals surface area contributed by atoms with Gasteiger partial charge in [0, 0.05) is 6.42 Å². The van der Waals surface area contributed by atoms with Crippen molar-refractivity contribution in [1.29, 1.82) is 0 Å². The SMILES string of the molecule is CCCCCC(O)CC(S)(CCc1ccc(O)c(OC)c1)N1CCCC1. The third kappa shape index (κ3) is 6.07. The van der Waals surface area contributed by atoms with Crippen LogP contribution < -0.4 is 4.74 Å². The van der Waals surface area contributed by atoms with Crippen molar-refractivity contribution in [2.24, 2.45) is 0 Å². The van der Waals surface area contributed by atoms with Gasteiger partial charge in [-0.3, -0.25) is 4.90 Å². The number of benzene rings is 1. The molecule has 1 aliphatic heterocycles. The number of aromatic hydroxyl groups is 1. The maximum absolute atomic E-state index is 10.6. The Morgan fingerprint density at radius 3 is 2.65 bits per heavy atom. The Morgan fingerprint density at radius 1 is 1.27 bits per heavy atom. The number of phenols is 1. The molecule has 0 radical (unpaired) electrons. The molecule has 1 aromatic rings. The predicted molar refractivity (Wildman–Crippen MR) is 110 cm³/mol. The third-order valence-electron chi connectivity index (χ3n) is 5.46. The Bertz CT molecular complexity index is 548. The van der Waals surface area contributed by atoms with Crippen molar-refractivity contribution in [3.8, 4) is 11.5 Å². The quantitative estimate of drug-likeness (QED) is 0.393. The number of aliphatic hydroxyl groups is 1. The van der Waals surface area contributed by atoms with E-state index in [4.69, 9.17) is 17.4 Å². The lowest BCUT2D eigenvalue weighted by atomic mass is 9.96. The molecule has 1 aliphatic rings. The molecule has 5 heteroatoms. The van der Waals surface area contributed by atoms with Crippen LogP contribution >= 0.6 is 12.6 Å². The summed E-state index contributed by atoms with van der Waals surface area (Å²) in [5, 5.41) is 20.3. The van der Waals surface area contributed by atoms with E-state index in [1.165, 1.54) is 25.7 Å². The first kappa shape index (κ1) is 21.4. The minimum absolute atomic E-state index is 0.166. The molecule has 2 unspecified atom stereocenters. The zero-order valence-electron chi connectivity index (χ0n) is 16.3. The summed E-state index contributed by atoms with van der Waals surface area (Å²) in [6, 6.07) is 5.52. The second-order valence-electron chi connectivity index (χ2n) is 7.54. The number of aliphatic hydroxyl groups excluding tert-OH is 1. The lowest BCUT2D eigenvalue weighted by Crippen LogP contribution is -2.45. The number of nitrogens with zero attached hydrogens (tertiary/aromatic N) is 1. The Balaban J connectivity index is 2.01. The lowest BCUT2D eigenvalue weighted by Gasteiger charge is -2.39. The van der Waals surface area contributed by atoms with Gasteiger partial charge in [0.25, 0.3) is 0 Å². The third-order valence-corrected chi connectivity index (χ3v) is 6.15. The van der Waals surface area contributed by atoms with Crippen molar-refractivity contribution in [3.63, 3.8) is 0 Å². The molecule has 2 rings (SSSR count). The summed E-state index contributed by atoms with van der Waals surface area (Å²) in [5.41, 5.74) is 1.12. The molecule has 1 heterocycles. The summed E-state index contributed by atoms with van der Waals surface area (Å²) >= 11 is 5.08.